The number of halogens is 2. The molecule has 0 saturated heterocycles. The van der Waals surface area contributed by atoms with Crippen molar-refractivity contribution in [2.24, 2.45) is 0 Å². The topological polar surface area (TPSA) is 0 Å². The third-order valence-corrected chi connectivity index (χ3v) is 9.47. The number of benzene rings is 4. The molecule has 0 aromatic heterocycles. The van der Waals surface area contributed by atoms with E-state index in [0.29, 0.717) is 15.6 Å². The molecule has 0 spiro atoms. The summed E-state index contributed by atoms with van der Waals surface area (Å²) in [5.74, 6) is 17.0. The molecule has 0 nitrogen and oxygen atoms in total. The molecule has 0 unspecified atom stereocenters. The van der Waals surface area contributed by atoms with Crippen LogP contribution in [0.1, 0.15) is 44.5 Å². The van der Waals surface area contributed by atoms with Crippen molar-refractivity contribution in [2.75, 3.05) is 0 Å². The Bertz CT molecular complexity index is 1740. The fourth-order valence-electron chi connectivity index (χ4n) is 5.93. The van der Waals surface area contributed by atoms with E-state index in [2.05, 4.69) is 128 Å². The summed E-state index contributed by atoms with van der Waals surface area (Å²) in [7, 11) is -1.67. The fraction of sp³-hybridized carbons (Fsp3) is 0.167. The van der Waals surface area contributed by atoms with Gasteiger partial charge in [-0.25, -0.2) is 0 Å². The number of hydrogen-bond donors (Lipinski definition) is 0. The van der Waals surface area contributed by atoms with Crippen LogP contribution in [0.5, 0.6) is 0 Å². The first kappa shape index (κ1) is 25.6. The number of hydrogen-bond acceptors (Lipinski definition) is 0. The maximum Gasteiger partial charge on any atom is 0.129 e. The van der Waals surface area contributed by atoms with Crippen molar-refractivity contribution in [1.82, 2.24) is 0 Å². The average Bonchev–Trinajstić information content (AvgIpc) is 2.94. The van der Waals surface area contributed by atoms with Gasteiger partial charge in [-0.3, -0.25) is 0 Å². The van der Waals surface area contributed by atoms with Gasteiger partial charge in [-0.1, -0.05) is 139 Å². The summed E-state index contributed by atoms with van der Waals surface area (Å²) in [5, 5.41) is 0.994. The van der Waals surface area contributed by atoms with Crippen LogP contribution in [-0.4, -0.2) is 8.07 Å². The summed E-state index contributed by atoms with van der Waals surface area (Å²) >= 11 is 12.8. The molecule has 7 rings (SSSR count). The second kappa shape index (κ2) is 9.23. The van der Waals surface area contributed by atoms with Gasteiger partial charge >= 0.3 is 0 Å². The molecule has 0 N–H and O–H groups in total. The van der Waals surface area contributed by atoms with E-state index in [1.165, 1.54) is 33.4 Å². The number of rotatable bonds is 0. The Morgan fingerprint density at radius 1 is 0.564 bits per heavy atom. The summed E-state index contributed by atoms with van der Waals surface area (Å²) < 4.78 is 0. The second-order valence-electron chi connectivity index (χ2n) is 11.2. The Kier molecular flexibility index (Phi) is 6.06. The smallest absolute Gasteiger partial charge is 0.129 e. The van der Waals surface area contributed by atoms with Crippen molar-refractivity contribution < 1.29 is 0 Å². The Morgan fingerprint density at radius 3 is 1.44 bits per heavy atom. The minimum Gasteiger partial charge on any atom is -0.130 e. The van der Waals surface area contributed by atoms with E-state index in [0.717, 1.165) is 5.56 Å². The first-order valence-electron chi connectivity index (χ1n) is 13.0. The maximum atomic E-state index is 6.47. The van der Waals surface area contributed by atoms with E-state index >= 15 is 0 Å². The lowest BCUT2D eigenvalue weighted by Crippen LogP contribution is -2.50. The van der Waals surface area contributed by atoms with E-state index in [9.17, 15) is 0 Å². The van der Waals surface area contributed by atoms with Gasteiger partial charge in [0, 0.05) is 5.56 Å². The summed E-state index contributed by atoms with van der Waals surface area (Å²) in [6, 6.07) is 29.8. The average molecular weight is 558 g/mol. The zero-order valence-electron chi connectivity index (χ0n) is 22.3. The summed E-state index contributed by atoms with van der Waals surface area (Å²) in [6.45, 7) is 8.83. The first-order chi connectivity index (χ1) is 18.7. The second-order valence-corrected chi connectivity index (χ2v) is 16.7. The van der Waals surface area contributed by atoms with Gasteiger partial charge < -0.3 is 0 Å². The van der Waals surface area contributed by atoms with Crippen LogP contribution >= 0.6 is 23.2 Å². The van der Waals surface area contributed by atoms with Gasteiger partial charge in [-0.15, -0.1) is 5.54 Å². The molecular formula is C36H26Cl2Si. The predicted molar refractivity (Wildman–Crippen MR) is 166 cm³/mol. The minimum absolute atomic E-state index is 0.464. The van der Waals surface area contributed by atoms with Gasteiger partial charge in [0.05, 0.1) is 10.0 Å². The lowest BCUT2D eigenvalue weighted by atomic mass is 9.47. The fourth-order valence-corrected chi connectivity index (χ4v) is 6.92. The Morgan fingerprint density at radius 2 is 1.00 bits per heavy atom. The lowest BCUT2D eigenvalue weighted by Gasteiger charge is -2.52. The van der Waals surface area contributed by atoms with Gasteiger partial charge in [-0.2, -0.15) is 0 Å². The van der Waals surface area contributed by atoms with E-state index in [4.69, 9.17) is 23.2 Å². The van der Waals surface area contributed by atoms with Crippen molar-refractivity contribution >= 4 is 31.3 Å². The Labute approximate surface area is 242 Å². The molecule has 3 heteroatoms. The van der Waals surface area contributed by atoms with Gasteiger partial charge in [0.2, 0.25) is 0 Å². The summed E-state index contributed by atoms with van der Waals surface area (Å²) in [5.41, 5.74) is 11.3. The van der Waals surface area contributed by atoms with Crippen LogP contribution in [0, 0.1) is 42.1 Å². The third kappa shape index (κ3) is 3.80. The SMILES string of the molecule is Cc1ccc(C#CC#CC23c4ccccc4C(C#C[Si](C)(C)C)(c4ccccc42)c2ccccc23)c(Cl)c1Cl. The van der Waals surface area contributed by atoms with Gasteiger partial charge in [0.1, 0.15) is 18.9 Å². The van der Waals surface area contributed by atoms with Crippen LogP contribution in [0.3, 0.4) is 0 Å². The highest BCUT2D eigenvalue weighted by atomic mass is 35.5. The van der Waals surface area contributed by atoms with Crippen LogP contribution in [0.4, 0.5) is 0 Å². The lowest BCUT2D eigenvalue weighted by molar-refractivity contribution is 0.606. The monoisotopic (exact) mass is 556 g/mol. The first-order valence-corrected chi connectivity index (χ1v) is 17.3. The molecule has 0 heterocycles. The third-order valence-electron chi connectivity index (χ3n) is 7.62. The Balaban J connectivity index is 1.66. The molecule has 2 bridgehead atoms. The van der Waals surface area contributed by atoms with Gasteiger partial charge in [0.25, 0.3) is 0 Å². The number of aryl methyl sites for hydroxylation is 1. The highest BCUT2D eigenvalue weighted by Crippen LogP contribution is 2.61. The highest BCUT2D eigenvalue weighted by molar-refractivity contribution is 6.83. The highest BCUT2D eigenvalue weighted by Gasteiger charge is 2.57. The largest absolute Gasteiger partial charge is 0.130 e. The van der Waals surface area contributed by atoms with E-state index < -0.39 is 18.9 Å². The quantitative estimate of drug-likeness (QED) is 0.150. The Hall–Kier alpha value is -3.64. The van der Waals surface area contributed by atoms with E-state index in [1.54, 1.807) is 0 Å². The van der Waals surface area contributed by atoms with Crippen molar-refractivity contribution in [3.63, 3.8) is 0 Å². The molecule has 0 aliphatic heterocycles. The maximum absolute atomic E-state index is 6.47. The van der Waals surface area contributed by atoms with Crippen molar-refractivity contribution in [3.05, 3.63) is 139 Å². The zero-order valence-corrected chi connectivity index (χ0v) is 24.9. The molecule has 4 aromatic carbocycles. The molecule has 0 radical (unpaired) electrons. The molecular weight excluding hydrogens is 531 g/mol. The summed E-state index contributed by atoms with van der Waals surface area (Å²) in [6.07, 6.45) is 0. The van der Waals surface area contributed by atoms with Gasteiger partial charge in [0.15, 0.2) is 0 Å². The molecule has 0 fully saturated rings. The predicted octanol–water partition coefficient (Wildman–Crippen LogP) is 8.53. The van der Waals surface area contributed by atoms with E-state index in [-0.39, 0.29) is 0 Å². The van der Waals surface area contributed by atoms with E-state index in [1.807, 2.05) is 19.1 Å². The van der Waals surface area contributed by atoms with Crippen LogP contribution in [-0.2, 0) is 10.8 Å². The standard InChI is InChI=1S/C36H26Cl2Si/c1-25-20-21-26(34(38)33(25)37)13-11-12-22-35-27-14-5-8-17-30(27)36(23-24-39(2,3)4,31-18-9-6-15-28(31)35)32-19-10-7-16-29(32)35/h5-10,14-21H,1-4H3. The summed E-state index contributed by atoms with van der Waals surface area (Å²) in [4.78, 5) is 0. The molecule has 188 valence electrons. The molecule has 3 aliphatic rings. The van der Waals surface area contributed by atoms with Crippen molar-refractivity contribution in [2.45, 2.75) is 37.4 Å². The molecule has 0 atom stereocenters. The van der Waals surface area contributed by atoms with Crippen LogP contribution in [0.25, 0.3) is 0 Å². The van der Waals surface area contributed by atoms with Crippen LogP contribution in [0.2, 0.25) is 29.7 Å². The normalized spacial score (nSPS) is 19.6. The van der Waals surface area contributed by atoms with Crippen molar-refractivity contribution in [1.29, 1.82) is 0 Å². The molecule has 3 aliphatic carbocycles. The molecule has 0 amide bonds. The zero-order chi connectivity index (χ0) is 27.4. The molecule has 39 heavy (non-hydrogen) atoms. The van der Waals surface area contributed by atoms with Gasteiger partial charge in [-0.05, 0) is 63.8 Å². The molecule has 4 aromatic rings. The molecule has 0 saturated carbocycles. The van der Waals surface area contributed by atoms with Crippen molar-refractivity contribution in [3.8, 4) is 35.1 Å². The van der Waals surface area contributed by atoms with Crippen LogP contribution in [0.15, 0.2) is 84.9 Å². The minimum atomic E-state index is -1.67. The van der Waals surface area contributed by atoms with Crippen LogP contribution < -0.4 is 0 Å².